The number of thioether (sulfide) groups is 1. The first-order valence-electron chi connectivity index (χ1n) is 12.2. The molecule has 0 spiro atoms. The summed E-state index contributed by atoms with van der Waals surface area (Å²) >= 11 is 2.51. The van der Waals surface area contributed by atoms with Crippen molar-refractivity contribution in [2.75, 3.05) is 38.2 Å². The van der Waals surface area contributed by atoms with Gasteiger partial charge in [-0.05, 0) is 30.7 Å². The number of aromatic nitrogens is 1. The van der Waals surface area contributed by atoms with Crippen molar-refractivity contribution in [3.05, 3.63) is 58.5 Å². The van der Waals surface area contributed by atoms with Gasteiger partial charge in [-0.1, -0.05) is 5.16 Å². The number of hydrazine groups is 1. The maximum atomic E-state index is 13.1. The summed E-state index contributed by atoms with van der Waals surface area (Å²) in [7, 11) is 1.28. The molecule has 8 N–H and O–H groups in total. The number of nitrogens with two attached hydrogens (primary N) is 2. The summed E-state index contributed by atoms with van der Waals surface area (Å²) in [4.78, 5) is 50.4. The minimum atomic E-state index is -1.21. The molecule has 220 valence electrons. The third kappa shape index (κ3) is 5.92. The summed E-state index contributed by atoms with van der Waals surface area (Å²) in [6, 6.07) is -0.936. The van der Waals surface area contributed by atoms with Crippen LogP contribution in [0.25, 0.3) is 0 Å². The molecular weight excluding hydrogens is 596 g/mol. The fraction of sp³-hybridized carbons (Fsp3) is 0.348. The average molecular weight is 625 g/mol. The average Bonchev–Trinajstić information content (AvgIpc) is 3.55. The van der Waals surface area contributed by atoms with E-state index in [-0.39, 0.29) is 41.2 Å². The topological polar surface area (TPSA) is 204 Å². The number of halogens is 1. The van der Waals surface area contributed by atoms with Gasteiger partial charge in [0.1, 0.15) is 41.6 Å². The van der Waals surface area contributed by atoms with Crippen LogP contribution in [0.4, 0.5) is 5.13 Å². The van der Waals surface area contributed by atoms with Crippen molar-refractivity contribution in [3.63, 3.8) is 0 Å². The van der Waals surface area contributed by atoms with Gasteiger partial charge in [0.05, 0.1) is 0 Å². The number of nitrogens with zero attached hydrogens (tertiary/aromatic N) is 5. The van der Waals surface area contributed by atoms with Gasteiger partial charge in [0.25, 0.3) is 11.8 Å². The van der Waals surface area contributed by atoms with Crippen molar-refractivity contribution in [1.29, 1.82) is 0 Å². The molecule has 18 heteroatoms. The summed E-state index contributed by atoms with van der Waals surface area (Å²) in [6.45, 7) is 1.59. The Balaban J connectivity index is 0.00000387. The molecule has 4 aliphatic rings. The van der Waals surface area contributed by atoms with Crippen LogP contribution in [0.15, 0.2) is 58.0 Å². The number of amides is 2. The van der Waals surface area contributed by atoms with E-state index in [1.807, 2.05) is 34.5 Å². The lowest BCUT2D eigenvalue weighted by atomic mass is 10.0. The van der Waals surface area contributed by atoms with Crippen LogP contribution in [0.1, 0.15) is 12.1 Å². The van der Waals surface area contributed by atoms with E-state index < -0.39 is 29.2 Å². The van der Waals surface area contributed by atoms with Gasteiger partial charge in [0.15, 0.2) is 10.8 Å². The van der Waals surface area contributed by atoms with Crippen LogP contribution in [0.2, 0.25) is 0 Å². The molecule has 0 bridgehead atoms. The number of aliphatic carboxylic acids is 1. The van der Waals surface area contributed by atoms with Gasteiger partial charge in [0, 0.05) is 36.6 Å². The van der Waals surface area contributed by atoms with Crippen molar-refractivity contribution in [1.82, 2.24) is 35.9 Å². The van der Waals surface area contributed by atoms with Gasteiger partial charge < -0.3 is 36.9 Å². The third-order valence-electron chi connectivity index (χ3n) is 6.33. The molecule has 0 unspecified atom stereocenters. The van der Waals surface area contributed by atoms with E-state index in [9.17, 15) is 19.5 Å². The van der Waals surface area contributed by atoms with E-state index in [4.69, 9.17) is 16.3 Å². The Bertz CT molecular complexity index is 1380. The lowest BCUT2D eigenvalue weighted by Crippen LogP contribution is -2.71. The molecule has 0 aromatic carbocycles. The summed E-state index contributed by atoms with van der Waals surface area (Å²) in [5, 5.41) is 22.7. The Hall–Kier alpha value is -3.93. The van der Waals surface area contributed by atoms with E-state index >= 15 is 0 Å². The fourth-order valence-electron chi connectivity index (χ4n) is 4.50. The van der Waals surface area contributed by atoms with Crippen LogP contribution in [0, 0.1) is 0 Å². The molecule has 1 aromatic heterocycles. The lowest BCUT2D eigenvalue weighted by molar-refractivity contribution is -0.150. The number of carboxylic acid groups (broad SMARTS) is 1. The van der Waals surface area contributed by atoms with Crippen LogP contribution in [-0.4, -0.2) is 92.3 Å². The summed E-state index contributed by atoms with van der Waals surface area (Å²) in [5.41, 5.74) is 15.0. The molecule has 1 aromatic rings. The summed E-state index contributed by atoms with van der Waals surface area (Å²) in [5.74, 6) is -0.427. The van der Waals surface area contributed by atoms with E-state index in [2.05, 4.69) is 26.2 Å². The first-order chi connectivity index (χ1) is 19.3. The zero-order chi connectivity index (χ0) is 28.4. The molecule has 5 rings (SSSR count). The molecule has 0 radical (unpaired) electrons. The highest BCUT2D eigenvalue weighted by Crippen LogP contribution is 2.41. The summed E-state index contributed by atoms with van der Waals surface area (Å²) in [6.07, 6.45) is 8.31. The van der Waals surface area contributed by atoms with Crippen LogP contribution in [-0.2, 0) is 19.2 Å². The van der Waals surface area contributed by atoms with E-state index in [0.29, 0.717) is 17.9 Å². The molecule has 1 fully saturated rings. The first-order valence-corrected chi connectivity index (χ1v) is 14.2. The molecule has 4 aliphatic heterocycles. The monoisotopic (exact) mass is 624 g/mol. The van der Waals surface area contributed by atoms with E-state index in [1.54, 1.807) is 5.38 Å². The lowest BCUT2D eigenvalue weighted by Gasteiger charge is -2.49. The number of β-lactam (4-membered cyclic amide) rings is 1. The first kappa shape index (κ1) is 30.0. The molecule has 0 aliphatic carbocycles. The number of nitrogen functional groups attached to an aromatic ring is 1. The number of carbonyl (C=O) groups excluding carboxylic acids is 2. The normalized spacial score (nSPS) is 21.2. The van der Waals surface area contributed by atoms with E-state index in [0.717, 1.165) is 35.9 Å². The Morgan fingerprint density at radius 3 is 2.83 bits per heavy atom. The minimum absolute atomic E-state index is 0. The number of carboxylic acids is 1. The Kier molecular flexibility index (Phi) is 9.31. The van der Waals surface area contributed by atoms with Crippen LogP contribution >= 0.6 is 35.5 Å². The highest BCUT2D eigenvalue weighted by molar-refractivity contribution is 8.00. The molecule has 5 heterocycles. The minimum Gasteiger partial charge on any atom is -0.477 e. The summed E-state index contributed by atoms with van der Waals surface area (Å²) < 4.78 is 0. The fourth-order valence-corrected chi connectivity index (χ4v) is 6.39. The van der Waals surface area contributed by atoms with Crippen molar-refractivity contribution in [2.45, 2.75) is 17.8 Å². The molecule has 0 saturated carbocycles. The van der Waals surface area contributed by atoms with Gasteiger partial charge >= 0.3 is 5.97 Å². The van der Waals surface area contributed by atoms with Gasteiger partial charge in [-0.2, -0.15) is 0 Å². The maximum Gasteiger partial charge on any atom is 0.352 e. The smallest absolute Gasteiger partial charge is 0.352 e. The zero-order valence-corrected chi connectivity index (χ0v) is 24.2. The number of hydrogen-bond acceptors (Lipinski definition) is 14. The highest BCUT2D eigenvalue weighted by atomic mass is 35.5. The van der Waals surface area contributed by atoms with Gasteiger partial charge in [-0.3, -0.25) is 19.9 Å². The van der Waals surface area contributed by atoms with Crippen molar-refractivity contribution in [2.24, 2.45) is 10.9 Å². The third-order valence-corrected chi connectivity index (χ3v) is 8.35. The SMILES string of the molecule is CO/N=C(\C(=O)N[C@H]1C(=O)N2C(C(=O)O)=C(CN3C=CN4NC(NCCCN)=CC=C34)CS[C@@H]12)c1csc(N)n1.Cl. The largest absolute Gasteiger partial charge is 0.477 e. The van der Waals surface area contributed by atoms with E-state index in [1.165, 1.54) is 23.8 Å². The predicted octanol–water partition coefficient (Wildman–Crippen LogP) is -0.536. The van der Waals surface area contributed by atoms with Crippen LogP contribution in [0.3, 0.4) is 0 Å². The molecule has 2 atom stereocenters. The standard InChI is InChI=1S/C23H28N10O5S2.ClH/c1-38-30-16(13-11-40-23(25)27-13)19(34)28-17-20(35)33-18(22(36)37)12(10-39-21(17)33)9-31-7-8-32-15(31)4-3-14(29-32)26-6-2-5-24;/h3-4,7-8,11,17,21,26,29H,2,5-6,9-10,24H2,1H3,(H2,25,27)(H,28,34)(H,36,37);1H/b30-16-;/t17-,21-;/m0./s1. The molecule has 15 nitrogen and oxygen atoms in total. The Morgan fingerprint density at radius 2 is 2.15 bits per heavy atom. The van der Waals surface area contributed by atoms with Crippen LogP contribution < -0.4 is 27.5 Å². The second-order valence-electron chi connectivity index (χ2n) is 8.89. The molecule has 1 saturated heterocycles. The van der Waals surface area contributed by atoms with Gasteiger partial charge in [-0.25, -0.2) is 14.8 Å². The van der Waals surface area contributed by atoms with Crippen molar-refractivity contribution in [3.8, 4) is 0 Å². The van der Waals surface area contributed by atoms with Gasteiger partial charge in [0.2, 0.25) is 0 Å². The highest BCUT2D eigenvalue weighted by Gasteiger charge is 2.54. The molecular formula is C23H29ClN10O5S2. The second kappa shape index (κ2) is 12.7. The van der Waals surface area contributed by atoms with Crippen molar-refractivity contribution < 1.29 is 24.3 Å². The number of nitrogens with one attached hydrogen (secondary N) is 3. The number of anilines is 1. The predicted molar refractivity (Wildman–Crippen MR) is 156 cm³/mol. The zero-order valence-electron chi connectivity index (χ0n) is 21.8. The number of rotatable bonds is 11. The Labute approximate surface area is 249 Å². The number of carbonyl (C=O) groups is 3. The maximum absolute atomic E-state index is 13.1. The number of hydrogen-bond donors (Lipinski definition) is 6. The molecule has 41 heavy (non-hydrogen) atoms. The van der Waals surface area contributed by atoms with Crippen molar-refractivity contribution >= 4 is 64.1 Å². The Morgan fingerprint density at radius 1 is 1.34 bits per heavy atom. The number of oxime groups is 1. The van der Waals surface area contributed by atoms with Crippen LogP contribution in [0.5, 0.6) is 0 Å². The van der Waals surface area contributed by atoms with Gasteiger partial charge in [-0.15, -0.1) is 35.5 Å². The second-order valence-corrected chi connectivity index (χ2v) is 10.9. The quantitative estimate of drug-likeness (QED) is 0.0793. The number of allylic oxidation sites excluding steroid dienone is 2. The number of thiazole rings is 1. The molecule has 2 amide bonds. The number of fused-ring (bicyclic) bond motifs is 2.